The fraction of sp³-hybridized carbons (Fsp3) is 0.647. The zero-order valence-electron chi connectivity index (χ0n) is 14.7. The SMILES string of the molecule is CCC(C)(C)c1cc(C(C)C)c(O)c(C(C)C)c1.O=[P+](O)O. The van der Waals surface area contributed by atoms with Crippen molar-refractivity contribution in [2.75, 3.05) is 0 Å². The number of hydrogen-bond acceptors (Lipinski definition) is 2. The van der Waals surface area contributed by atoms with E-state index in [0.717, 1.165) is 17.5 Å². The first kappa shape index (κ1) is 21.0. The molecule has 0 aliphatic heterocycles. The predicted molar refractivity (Wildman–Crippen MR) is 91.6 cm³/mol. The zero-order valence-corrected chi connectivity index (χ0v) is 15.6. The first-order valence-electron chi connectivity index (χ1n) is 7.66. The Morgan fingerprint density at radius 2 is 1.36 bits per heavy atom. The van der Waals surface area contributed by atoms with Gasteiger partial charge >= 0.3 is 8.25 Å². The number of phenols is 1. The second-order valence-electron chi connectivity index (χ2n) is 6.80. The Labute approximate surface area is 135 Å². The lowest BCUT2D eigenvalue weighted by Gasteiger charge is -2.27. The first-order valence-corrected chi connectivity index (χ1v) is 8.82. The summed E-state index contributed by atoms with van der Waals surface area (Å²) in [4.78, 5) is 14.2. The topological polar surface area (TPSA) is 77.8 Å². The molecule has 0 saturated carbocycles. The van der Waals surface area contributed by atoms with Crippen molar-refractivity contribution in [3.63, 3.8) is 0 Å². The van der Waals surface area contributed by atoms with E-state index in [-0.39, 0.29) is 5.41 Å². The molecular formula is C17H30O4P+. The highest BCUT2D eigenvalue weighted by Gasteiger charge is 2.23. The quantitative estimate of drug-likeness (QED) is 0.683. The van der Waals surface area contributed by atoms with Crippen LogP contribution in [0.3, 0.4) is 0 Å². The van der Waals surface area contributed by atoms with Gasteiger partial charge in [0.25, 0.3) is 0 Å². The largest absolute Gasteiger partial charge is 0.692 e. The van der Waals surface area contributed by atoms with E-state index in [2.05, 4.69) is 60.6 Å². The van der Waals surface area contributed by atoms with Crippen LogP contribution in [0.25, 0.3) is 0 Å². The molecule has 22 heavy (non-hydrogen) atoms. The Morgan fingerprint density at radius 3 is 1.59 bits per heavy atom. The standard InChI is InChI=1S/C17H28O.HO3P/c1-8-17(6,7)13-9-14(11(2)3)16(18)15(10-13)12(4)5;1-4(2)3/h9-12,18H,8H2,1-7H3;(H-,1,2,3)/p+1. The Morgan fingerprint density at radius 1 is 1.05 bits per heavy atom. The molecular weight excluding hydrogens is 299 g/mol. The normalized spacial score (nSPS) is 11.4. The van der Waals surface area contributed by atoms with Crippen LogP contribution in [-0.2, 0) is 9.98 Å². The van der Waals surface area contributed by atoms with Crippen LogP contribution >= 0.6 is 8.25 Å². The molecule has 3 N–H and O–H groups in total. The van der Waals surface area contributed by atoms with Crippen molar-refractivity contribution in [3.8, 4) is 5.75 Å². The maximum absolute atomic E-state index is 10.4. The van der Waals surface area contributed by atoms with Crippen LogP contribution in [0.15, 0.2) is 12.1 Å². The van der Waals surface area contributed by atoms with Gasteiger partial charge in [-0.1, -0.05) is 60.6 Å². The molecule has 5 heteroatoms. The van der Waals surface area contributed by atoms with Crippen LogP contribution in [0.1, 0.15) is 83.4 Å². The molecule has 0 heterocycles. The molecule has 0 bridgehead atoms. The van der Waals surface area contributed by atoms with Gasteiger partial charge < -0.3 is 5.11 Å². The summed E-state index contributed by atoms with van der Waals surface area (Å²) in [6.07, 6.45) is 1.10. The van der Waals surface area contributed by atoms with Crippen molar-refractivity contribution in [1.82, 2.24) is 0 Å². The molecule has 0 radical (unpaired) electrons. The van der Waals surface area contributed by atoms with Gasteiger partial charge in [0, 0.05) is 4.57 Å². The molecule has 126 valence electrons. The fourth-order valence-corrected chi connectivity index (χ4v) is 2.16. The lowest BCUT2D eigenvalue weighted by atomic mass is 9.78. The average Bonchev–Trinajstić information content (AvgIpc) is 2.37. The van der Waals surface area contributed by atoms with Crippen molar-refractivity contribution < 1.29 is 19.5 Å². The van der Waals surface area contributed by atoms with Crippen LogP contribution in [-0.4, -0.2) is 14.9 Å². The van der Waals surface area contributed by atoms with Gasteiger partial charge in [0.05, 0.1) is 0 Å². The molecule has 1 rings (SSSR count). The minimum absolute atomic E-state index is 0.168. The highest BCUT2D eigenvalue weighted by atomic mass is 31.1. The zero-order chi connectivity index (χ0) is 17.7. The lowest BCUT2D eigenvalue weighted by Crippen LogP contribution is -2.16. The van der Waals surface area contributed by atoms with Gasteiger partial charge in [-0.2, -0.15) is 0 Å². The second kappa shape index (κ2) is 8.61. The Balaban J connectivity index is 0.000000980. The average molecular weight is 329 g/mol. The molecule has 0 atom stereocenters. The van der Waals surface area contributed by atoms with E-state index >= 15 is 0 Å². The summed E-state index contributed by atoms with van der Waals surface area (Å²) in [5.41, 5.74) is 3.67. The fourth-order valence-electron chi connectivity index (χ4n) is 2.16. The molecule has 0 saturated heterocycles. The number of aromatic hydroxyl groups is 1. The Hall–Kier alpha value is -0.960. The van der Waals surface area contributed by atoms with Crippen LogP contribution in [0.5, 0.6) is 5.75 Å². The summed E-state index contributed by atoms with van der Waals surface area (Å²) in [5, 5.41) is 10.4. The van der Waals surface area contributed by atoms with Crippen LogP contribution in [0.4, 0.5) is 0 Å². The second-order valence-corrected chi connectivity index (χ2v) is 7.31. The van der Waals surface area contributed by atoms with Gasteiger partial charge in [-0.3, -0.25) is 0 Å². The van der Waals surface area contributed by atoms with E-state index in [4.69, 9.17) is 14.4 Å². The van der Waals surface area contributed by atoms with Gasteiger partial charge in [0.15, 0.2) is 0 Å². The van der Waals surface area contributed by atoms with E-state index in [1.54, 1.807) is 0 Å². The summed E-state index contributed by atoms with van der Waals surface area (Å²) < 4.78 is 8.70. The third-order valence-electron chi connectivity index (χ3n) is 4.08. The molecule has 1 aromatic rings. The van der Waals surface area contributed by atoms with Crippen molar-refractivity contribution in [2.24, 2.45) is 0 Å². The van der Waals surface area contributed by atoms with Gasteiger partial charge in [-0.05, 0) is 40.4 Å². The Bertz CT molecular complexity index is 474. The molecule has 4 nitrogen and oxygen atoms in total. The predicted octanol–water partition coefficient (Wildman–Crippen LogP) is 4.96. The third kappa shape index (κ3) is 6.04. The maximum atomic E-state index is 10.4. The molecule has 0 amide bonds. The molecule has 0 aromatic heterocycles. The van der Waals surface area contributed by atoms with E-state index in [1.165, 1.54) is 5.56 Å². The van der Waals surface area contributed by atoms with E-state index in [1.807, 2.05) is 0 Å². The number of benzene rings is 1. The maximum Gasteiger partial charge on any atom is 0.692 e. The summed E-state index contributed by atoms with van der Waals surface area (Å²) in [5.74, 6) is 1.21. The summed E-state index contributed by atoms with van der Waals surface area (Å²) in [6.45, 7) is 15.3. The smallest absolute Gasteiger partial charge is 0.507 e. The minimum atomic E-state index is -2.87. The molecule has 0 spiro atoms. The van der Waals surface area contributed by atoms with E-state index in [0.29, 0.717) is 17.6 Å². The summed E-state index contributed by atoms with van der Waals surface area (Å²) in [6, 6.07) is 4.38. The van der Waals surface area contributed by atoms with Gasteiger partial charge in [-0.15, -0.1) is 9.79 Å². The first-order chi connectivity index (χ1) is 9.93. The van der Waals surface area contributed by atoms with Crippen molar-refractivity contribution in [1.29, 1.82) is 0 Å². The number of phenolic OH excluding ortho intramolecular Hbond substituents is 1. The number of rotatable bonds is 4. The summed E-state index contributed by atoms with van der Waals surface area (Å²) >= 11 is 0. The van der Waals surface area contributed by atoms with Gasteiger partial charge in [0.2, 0.25) is 0 Å². The molecule has 0 unspecified atom stereocenters. The van der Waals surface area contributed by atoms with Crippen molar-refractivity contribution >= 4 is 8.25 Å². The highest BCUT2D eigenvalue weighted by Crippen LogP contribution is 2.38. The van der Waals surface area contributed by atoms with Crippen molar-refractivity contribution in [3.05, 3.63) is 28.8 Å². The molecule has 0 fully saturated rings. The van der Waals surface area contributed by atoms with E-state index in [9.17, 15) is 5.11 Å². The molecule has 1 aromatic carbocycles. The molecule has 0 aliphatic rings. The highest BCUT2D eigenvalue weighted by molar-refractivity contribution is 7.30. The van der Waals surface area contributed by atoms with Gasteiger partial charge in [-0.25, -0.2) is 0 Å². The van der Waals surface area contributed by atoms with Gasteiger partial charge in [0.1, 0.15) is 5.75 Å². The third-order valence-corrected chi connectivity index (χ3v) is 4.08. The molecule has 0 aliphatic carbocycles. The lowest BCUT2D eigenvalue weighted by molar-refractivity contribution is 0.405. The number of hydrogen-bond donors (Lipinski definition) is 3. The summed E-state index contributed by atoms with van der Waals surface area (Å²) in [7, 11) is -2.87. The minimum Gasteiger partial charge on any atom is -0.507 e. The van der Waals surface area contributed by atoms with Crippen molar-refractivity contribution in [2.45, 2.75) is 72.1 Å². The van der Waals surface area contributed by atoms with Crippen LogP contribution in [0, 0.1) is 0 Å². The Kier molecular flexibility index (Phi) is 8.24. The van der Waals surface area contributed by atoms with Crippen LogP contribution in [0.2, 0.25) is 0 Å². The van der Waals surface area contributed by atoms with E-state index < -0.39 is 8.25 Å². The monoisotopic (exact) mass is 329 g/mol. The van der Waals surface area contributed by atoms with Crippen LogP contribution < -0.4 is 0 Å².